The number of anilines is 1. The molecule has 0 radical (unpaired) electrons. The van der Waals surface area contributed by atoms with Crippen molar-refractivity contribution in [3.63, 3.8) is 0 Å². The summed E-state index contributed by atoms with van der Waals surface area (Å²) < 4.78 is 25.8. The van der Waals surface area contributed by atoms with Crippen molar-refractivity contribution in [3.05, 3.63) is 50.7 Å². The number of rotatable bonds is 5. The summed E-state index contributed by atoms with van der Waals surface area (Å²) in [6.45, 7) is 0.445. The van der Waals surface area contributed by atoms with Gasteiger partial charge in [0.2, 0.25) is 0 Å². The third-order valence-corrected chi connectivity index (χ3v) is 4.37. The molecule has 0 aromatic heterocycles. The van der Waals surface area contributed by atoms with Gasteiger partial charge in [0.15, 0.2) is 11.5 Å². The highest BCUT2D eigenvalue weighted by molar-refractivity contribution is 9.11. The average Bonchev–Trinajstić information content (AvgIpc) is 2.47. The Hall–Kier alpha value is -1.27. The van der Waals surface area contributed by atoms with Crippen LogP contribution in [0.4, 0.5) is 10.1 Å². The first-order valence-electron chi connectivity index (χ1n) is 6.15. The molecule has 0 aliphatic rings. The van der Waals surface area contributed by atoms with Crippen molar-refractivity contribution in [2.45, 2.75) is 6.54 Å². The van der Waals surface area contributed by atoms with E-state index in [0.717, 1.165) is 10.0 Å². The molecule has 2 aromatic carbocycles. The van der Waals surface area contributed by atoms with Gasteiger partial charge in [-0.1, -0.05) is 22.0 Å². The summed E-state index contributed by atoms with van der Waals surface area (Å²) in [5.41, 5.74) is 1.36. The third kappa shape index (κ3) is 3.68. The van der Waals surface area contributed by atoms with Crippen LogP contribution >= 0.6 is 31.9 Å². The van der Waals surface area contributed by atoms with Gasteiger partial charge < -0.3 is 14.8 Å². The number of para-hydroxylation sites is 1. The Morgan fingerprint density at radius 2 is 1.71 bits per heavy atom. The number of ether oxygens (including phenoxy) is 2. The standard InChI is InChI=1S/C15H14Br2FNO2/c1-20-13-6-9(11(17)7-14(13)21-2)8-19-15-10(16)4-3-5-12(15)18/h3-7,19H,8H2,1-2H3. The normalized spacial score (nSPS) is 10.3. The van der Waals surface area contributed by atoms with Crippen LogP contribution in [-0.2, 0) is 6.54 Å². The molecule has 3 nitrogen and oxygen atoms in total. The summed E-state index contributed by atoms with van der Waals surface area (Å²) in [4.78, 5) is 0. The minimum Gasteiger partial charge on any atom is -0.493 e. The Labute approximate surface area is 139 Å². The monoisotopic (exact) mass is 417 g/mol. The van der Waals surface area contributed by atoms with Gasteiger partial charge in [-0.05, 0) is 45.8 Å². The molecule has 0 spiro atoms. The maximum absolute atomic E-state index is 13.8. The lowest BCUT2D eigenvalue weighted by molar-refractivity contribution is 0.354. The van der Waals surface area contributed by atoms with Gasteiger partial charge in [-0.25, -0.2) is 4.39 Å². The number of benzene rings is 2. The Bertz CT molecular complexity index is 630. The minimum atomic E-state index is -0.305. The molecular weight excluding hydrogens is 405 g/mol. The molecule has 112 valence electrons. The fraction of sp³-hybridized carbons (Fsp3) is 0.200. The van der Waals surface area contributed by atoms with Gasteiger partial charge in [-0.3, -0.25) is 0 Å². The Kier molecular flexibility index (Phi) is 5.47. The van der Waals surface area contributed by atoms with Crippen LogP contribution in [0.3, 0.4) is 0 Å². The molecule has 21 heavy (non-hydrogen) atoms. The zero-order valence-electron chi connectivity index (χ0n) is 11.5. The van der Waals surface area contributed by atoms with Crippen molar-refractivity contribution in [3.8, 4) is 11.5 Å². The molecule has 2 rings (SSSR count). The van der Waals surface area contributed by atoms with E-state index in [0.29, 0.717) is 28.2 Å². The molecule has 0 atom stereocenters. The zero-order valence-corrected chi connectivity index (χ0v) is 14.7. The van der Waals surface area contributed by atoms with Crippen molar-refractivity contribution in [2.75, 3.05) is 19.5 Å². The van der Waals surface area contributed by atoms with E-state index in [-0.39, 0.29) is 5.82 Å². The second kappa shape index (κ2) is 7.13. The molecule has 0 fully saturated rings. The molecule has 0 unspecified atom stereocenters. The smallest absolute Gasteiger partial charge is 0.161 e. The van der Waals surface area contributed by atoms with Crippen molar-refractivity contribution >= 4 is 37.5 Å². The van der Waals surface area contributed by atoms with Crippen LogP contribution in [0.15, 0.2) is 39.3 Å². The van der Waals surface area contributed by atoms with E-state index < -0.39 is 0 Å². The minimum absolute atomic E-state index is 0.305. The largest absolute Gasteiger partial charge is 0.493 e. The van der Waals surface area contributed by atoms with Crippen LogP contribution in [0.25, 0.3) is 0 Å². The van der Waals surface area contributed by atoms with Crippen LogP contribution in [0.1, 0.15) is 5.56 Å². The van der Waals surface area contributed by atoms with E-state index >= 15 is 0 Å². The van der Waals surface area contributed by atoms with Crippen LogP contribution in [0, 0.1) is 5.82 Å². The SMILES string of the molecule is COc1cc(Br)c(CNc2c(F)cccc2Br)cc1OC. The van der Waals surface area contributed by atoms with E-state index in [1.807, 2.05) is 12.1 Å². The van der Waals surface area contributed by atoms with Crippen LogP contribution in [0.5, 0.6) is 11.5 Å². The van der Waals surface area contributed by atoms with Crippen molar-refractivity contribution in [1.29, 1.82) is 0 Å². The fourth-order valence-corrected chi connectivity index (χ4v) is 2.83. The molecular formula is C15H14Br2FNO2. The van der Waals surface area contributed by atoms with E-state index in [2.05, 4.69) is 37.2 Å². The van der Waals surface area contributed by atoms with E-state index in [1.54, 1.807) is 26.4 Å². The molecule has 0 saturated heterocycles. The van der Waals surface area contributed by atoms with Gasteiger partial charge in [0.05, 0.1) is 19.9 Å². The predicted octanol–water partition coefficient (Wildman–Crippen LogP) is 4.98. The summed E-state index contributed by atoms with van der Waals surface area (Å²) in [6, 6.07) is 8.53. The molecule has 0 heterocycles. The predicted molar refractivity (Wildman–Crippen MR) is 88.7 cm³/mol. The number of methoxy groups -OCH3 is 2. The molecule has 2 aromatic rings. The lowest BCUT2D eigenvalue weighted by Crippen LogP contribution is -2.04. The van der Waals surface area contributed by atoms with Crippen molar-refractivity contribution < 1.29 is 13.9 Å². The first kappa shape index (κ1) is 16.1. The van der Waals surface area contributed by atoms with Crippen molar-refractivity contribution in [2.24, 2.45) is 0 Å². The maximum atomic E-state index is 13.8. The lowest BCUT2D eigenvalue weighted by Gasteiger charge is -2.14. The quantitative estimate of drug-likeness (QED) is 0.742. The van der Waals surface area contributed by atoms with Gasteiger partial charge in [-0.15, -0.1) is 0 Å². The van der Waals surface area contributed by atoms with Gasteiger partial charge in [0.1, 0.15) is 5.82 Å². The second-order valence-electron chi connectivity index (χ2n) is 4.25. The van der Waals surface area contributed by atoms with Gasteiger partial charge in [0, 0.05) is 15.5 Å². The Morgan fingerprint density at radius 3 is 2.33 bits per heavy atom. The molecule has 0 saturated carbocycles. The summed E-state index contributed by atoms with van der Waals surface area (Å²) >= 11 is 6.81. The van der Waals surface area contributed by atoms with Gasteiger partial charge >= 0.3 is 0 Å². The van der Waals surface area contributed by atoms with E-state index in [9.17, 15) is 4.39 Å². The third-order valence-electron chi connectivity index (χ3n) is 2.97. The highest BCUT2D eigenvalue weighted by atomic mass is 79.9. The Balaban J connectivity index is 2.24. The van der Waals surface area contributed by atoms with Crippen LogP contribution in [0.2, 0.25) is 0 Å². The highest BCUT2D eigenvalue weighted by Crippen LogP contribution is 2.34. The summed E-state index contributed by atoms with van der Waals surface area (Å²) in [6.07, 6.45) is 0. The van der Waals surface area contributed by atoms with E-state index in [4.69, 9.17) is 9.47 Å². The van der Waals surface area contributed by atoms with Gasteiger partial charge in [-0.2, -0.15) is 0 Å². The number of nitrogens with one attached hydrogen (secondary N) is 1. The highest BCUT2D eigenvalue weighted by Gasteiger charge is 2.11. The topological polar surface area (TPSA) is 30.5 Å². The van der Waals surface area contributed by atoms with Crippen molar-refractivity contribution in [1.82, 2.24) is 0 Å². The van der Waals surface area contributed by atoms with Crippen LogP contribution in [-0.4, -0.2) is 14.2 Å². The summed E-state index contributed by atoms with van der Waals surface area (Å²) in [5.74, 6) is 0.964. The number of halogens is 3. The first-order valence-corrected chi connectivity index (χ1v) is 7.73. The molecule has 6 heteroatoms. The number of hydrogen-bond acceptors (Lipinski definition) is 3. The molecule has 0 bridgehead atoms. The molecule has 0 aliphatic carbocycles. The number of hydrogen-bond donors (Lipinski definition) is 1. The lowest BCUT2D eigenvalue weighted by atomic mass is 10.2. The summed E-state index contributed by atoms with van der Waals surface area (Å²) in [7, 11) is 3.16. The molecule has 0 amide bonds. The summed E-state index contributed by atoms with van der Waals surface area (Å²) in [5, 5.41) is 3.08. The Morgan fingerprint density at radius 1 is 1.05 bits per heavy atom. The van der Waals surface area contributed by atoms with Gasteiger partial charge in [0.25, 0.3) is 0 Å². The maximum Gasteiger partial charge on any atom is 0.161 e. The molecule has 0 aliphatic heterocycles. The first-order chi connectivity index (χ1) is 10.1. The fourth-order valence-electron chi connectivity index (χ4n) is 1.88. The second-order valence-corrected chi connectivity index (χ2v) is 5.96. The molecule has 1 N–H and O–H groups in total. The van der Waals surface area contributed by atoms with E-state index in [1.165, 1.54) is 6.07 Å². The zero-order chi connectivity index (χ0) is 15.4. The van der Waals surface area contributed by atoms with Crippen LogP contribution < -0.4 is 14.8 Å². The average molecular weight is 419 g/mol.